The van der Waals surface area contributed by atoms with E-state index >= 15 is 0 Å². The molecule has 1 atom stereocenters. The van der Waals surface area contributed by atoms with Crippen molar-refractivity contribution < 1.29 is 33.0 Å². The summed E-state index contributed by atoms with van der Waals surface area (Å²) in [5, 5.41) is 0. The molecule has 0 aliphatic carbocycles. The molecule has 0 rings (SSSR count). The molecule has 0 aliphatic heterocycles. The third kappa shape index (κ3) is 16.7. The van der Waals surface area contributed by atoms with E-state index in [0.717, 1.165) is 96.3 Å². The number of hydrogen-bond donors (Lipinski definition) is 0. The number of carbonyl (C=O) groups excluding carboxylic acids is 1. The molecular formula is C32H62O7P+. The van der Waals surface area contributed by atoms with E-state index in [9.17, 15) is 9.36 Å². The maximum atomic E-state index is 14.1. The quantitative estimate of drug-likeness (QED) is 0.0357. The fourth-order valence-electron chi connectivity index (χ4n) is 4.12. The summed E-state index contributed by atoms with van der Waals surface area (Å²) >= 11 is 0. The number of ether oxygens (including phenoxy) is 5. The first-order valence-electron chi connectivity index (χ1n) is 16.1. The standard InChI is InChI=1S/C32H62O7P/c1-8-13-18-23-35-31(36-24-19-14-9-2,37-25-20-15-10-3)28-32(38-26-21-16-11-4,39-27-22-17-12-5)40(34)30(33)29(6)7/h6,8-28H2,1-5,7H3/q+1. The minimum Gasteiger partial charge on any atom is -0.327 e. The van der Waals surface area contributed by atoms with E-state index in [-0.39, 0.29) is 12.0 Å². The molecule has 1 unspecified atom stereocenters. The van der Waals surface area contributed by atoms with Gasteiger partial charge in [-0.2, -0.15) is 0 Å². The zero-order valence-corrected chi connectivity index (χ0v) is 27.8. The Labute approximate surface area is 247 Å². The summed E-state index contributed by atoms with van der Waals surface area (Å²) < 4.78 is 46.1. The van der Waals surface area contributed by atoms with Gasteiger partial charge in [-0.15, -0.1) is 0 Å². The van der Waals surface area contributed by atoms with E-state index < -0.39 is 24.8 Å². The third-order valence-corrected chi connectivity index (χ3v) is 8.45. The van der Waals surface area contributed by atoms with Gasteiger partial charge in [0.05, 0.1) is 33.0 Å². The Hall–Kier alpha value is -0.690. The summed E-state index contributed by atoms with van der Waals surface area (Å²) in [5.41, 5.74) is -2.09. The van der Waals surface area contributed by atoms with Gasteiger partial charge in [-0.25, -0.2) is 4.79 Å². The third-order valence-electron chi connectivity index (χ3n) is 6.66. The van der Waals surface area contributed by atoms with Gasteiger partial charge in [0.2, 0.25) is 0 Å². The lowest BCUT2D eigenvalue weighted by Gasteiger charge is -2.37. The molecule has 0 heterocycles. The Morgan fingerprint density at radius 3 is 1.15 bits per heavy atom. The molecule has 0 aromatic carbocycles. The maximum Gasteiger partial charge on any atom is 0.486 e. The molecule has 0 saturated carbocycles. The van der Waals surface area contributed by atoms with Crippen LogP contribution in [0, 0.1) is 0 Å². The monoisotopic (exact) mass is 589 g/mol. The van der Waals surface area contributed by atoms with Crippen LogP contribution in [0.1, 0.15) is 144 Å². The van der Waals surface area contributed by atoms with E-state index in [2.05, 4.69) is 41.2 Å². The molecule has 0 fully saturated rings. The molecular weight excluding hydrogens is 527 g/mol. The average molecular weight is 590 g/mol. The zero-order valence-electron chi connectivity index (χ0n) is 26.9. The lowest BCUT2D eigenvalue weighted by atomic mass is 10.2. The molecule has 0 aromatic heterocycles. The Bertz CT molecular complexity index is 624. The summed E-state index contributed by atoms with van der Waals surface area (Å²) in [6.07, 6.45) is 14.0. The van der Waals surface area contributed by atoms with Crippen LogP contribution in [-0.2, 0) is 33.0 Å². The molecule has 0 radical (unpaired) electrons. The molecule has 0 aliphatic rings. The number of hydrogen-bond acceptors (Lipinski definition) is 7. The Balaban J connectivity index is 6.55. The van der Waals surface area contributed by atoms with Gasteiger partial charge in [0, 0.05) is 5.57 Å². The van der Waals surface area contributed by atoms with Gasteiger partial charge in [-0.1, -0.05) is 110 Å². The van der Waals surface area contributed by atoms with Crippen molar-refractivity contribution in [2.24, 2.45) is 0 Å². The summed E-state index contributed by atoms with van der Waals surface area (Å²) in [4.78, 5) is 13.2. The molecule has 0 spiro atoms. The lowest BCUT2D eigenvalue weighted by Crippen LogP contribution is -2.49. The second-order valence-electron chi connectivity index (χ2n) is 10.7. The molecule has 236 valence electrons. The smallest absolute Gasteiger partial charge is 0.327 e. The molecule has 0 aromatic rings. The van der Waals surface area contributed by atoms with E-state index in [1.54, 1.807) is 6.92 Å². The molecule has 8 heteroatoms. The van der Waals surface area contributed by atoms with Gasteiger partial charge in [-0.3, -0.25) is 0 Å². The summed E-state index contributed by atoms with van der Waals surface area (Å²) in [6, 6.07) is 0. The van der Waals surface area contributed by atoms with Crippen LogP contribution in [0.3, 0.4) is 0 Å². The van der Waals surface area contributed by atoms with Crippen molar-refractivity contribution in [3.05, 3.63) is 12.2 Å². The van der Waals surface area contributed by atoms with Crippen LogP contribution in [0.5, 0.6) is 0 Å². The fraction of sp³-hybridized carbons (Fsp3) is 0.906. The Kier molecular flexibility index (Phi) is 24.4. The highest BCUT2D eigenvalue weighted by molar-refractivity contribution is 7.65. The molecule has 7 nitrogen and oxygen atoms in total. The first kappa shape index (κ1) is 39.3. The van der Waals surface area contributed by atoms with Gasteiger partial charge in [-0.05, 0) is 39.0 Å². The van der Waals surface area contributed by atoms with Crippen molar-refractivity contribution in [2.75, 3.05) is 33.0 Å². The van der Waals surface area contributed by atoms with Crippen LogP contribution in [-0.4, -0.2) is 50.1 Å². The van der Waals surface area contributed by atoms with Crippen LogP contribution < -0.4 is 0 Å². The Morgan fingerprint density at radius 1 is 0.575 bits per heavy atom. The average Bonchev–Trinajstić information content (AvgIpc) is 2.95. The highest BCUT2D eigenvalue weighted by Crippen LogP contribution is 2.50. The number of rotatable bonds is 30. The van der Waals surface area contributed by atoms with Gasteiger partial charge < -0.3 is 23.7 Å². The zero-order chi connectivity index (χ0) is 30.1. The van der Waals surface area contributed by atoms with Gasteiger partial charge in [0.1, 0.15) is 6.42 Å². The highest BCUT2D eigenvalue weighted by atomic mass is 31.1. The minimum absolute atomic E-state index is 0.114. The van der Waals surface area contributed by atoms with Crippen LogP contribution in [0.4, 0.5) is 0 Å². The minimum atomic E-state index is -2.67. The first-order chi connectivity index (χ1) is 19.3. The van der Waals surface area contributed by atoms with Gasteiger partial charge in [0.15, 0.2) is 0 Å². The van der Waals surface area contributed by atoms with Crippen molar-refractivity contribution in [3.8, 4) is 0 Å². The predicted octanol–water partition coefficient (Wildman–Crippen LogP) is 9.65. The highest BCUT2D eigenvalue weighted by Gasteiger charge is 2.63. The molecule has 0 bridgehead atoms. The second kappa shape index (κ2) is 24.9. The van der Waals surface area contributed by atoms with Crippen molar-refractivity contribution in [2.45, 2.75) is 156 Å². The van der Waals surface area contributed by atoms with Crippen LogP contribution >= 0.6 is 7.80 Å². The normalized spacial score (nSPS) is 12.6. The van der Waals surface area contributed by atoms with Crippen molar-refractivity contribution in [1.82, 2.24) is 0 Å². The van der Waals surface area contributed by atoms with Crippen LogP contribution in [0.2, 0.25) is 0 Å². The van der Waals surface area contributed by atoms with Crippen molar-refractivity contribution >= 4 is 13.3 Å². The van der Waals surface area contributed by atoms with Crippen molar-refractivity contribution in [3.63, 3.8) is 0 Å². The SMILES string of the molecule is C=C(C)C(=O)[P+](=O)C(CC(OCCCCC)(OCCCCC)OCCCCC)(OCCCCC)OCCCCC. The topological polar surface area (TPSA) is 80.3 Å². The molecule has 0 amide bonds. The second-order valence-corrected chi connectivity index (χ2v) is 12.4. The molecule has 0 N–H and O–H groups in total. The van der Waals surface area contributed by atoms with Crippen LogP contribution in [0.15, 0.2) is 12.2 Å². The van der Waals surface area contributed by atoms with E-state index in [0.29, 0.717) is 33.0 Å². The van der Waals surface area contributed by atoms with E-state index in [4.69, 9.17) is 23.7 Å². The maximum absolute atomic E-state index is 14.1. The van der Waals surface area contributed by atoms with E-state index in [1.807, 2.05) is 0 Å². The lowest BCUT2D eigenvalue weighted by molar-refractivity contribution is -0.404. The first-order valence-corrected chi connectivity index (χ1v) is 17.4. The number of carbonyl (C=O) groups is 1. The number of unbranched alkanes of at least 4 members (excludes halogenated alkanes) is 10. The van der Waals surface area contributed by atoms with Crippen molar-refractivity contribution in [1.29, 1.82) is 0 Å². The Morgan fingerprint density at radius 2 is 0.875 bits per heavy atom. The molecule has 0 saturated heterocycles. The van der Waals surface area contributed by atoms with Gasteiger partial charge in [0.25, 0.3) is 5.97 Å². The predicted molar refractivity (Wildman–Crippen MR) is 165 cm³/mol. The van der Waals surface area contributed by atoms with Gasteiger partial charge >= 0.3 is 18.9 Å². The summed E-state index contributed by atoms with van der Waals surface area (Å²) in [7, 11) is -2.67. The van der Waals surface area contributed by atoms with Crippen LogP contribution in [0.25, 0.3) is 0 Å². The molecule has 40 heavy (non-hydrogen) atoms. The number of allylic oxidation sites excluding steroid dienone is 1. The largest absolute Gasteiger partial charge is 0.486 e. The summed E-state index contributed by atoms with van der Waals surface area (Å²) in [5.74, 6) is -1.54. The summed E-state index contributed by atoms with van der Waals surface area (Å²) in [6.45, 7) is 17.9. The fourth-order valence-corrected chi connectivity index (χ4v) is 5.53. The van der Waals surface area contributed by atoms with E-state index in [1.165, 1.54) is 0 Å².